The smallest absolute Gasteiger partial charge is 0.312 e. The van der Waals surface area contributed by atoms with Crippen LogP contribution in [0.15, 0.2) is 16.5 Å². The normalized spacial score (nSPS) is 18.4. The minimum Gasteiger partial charge on any atom is -0.440 e. The van der Waals surface area contributed by atoms with Crippen LogP contribution in [0.1, 0.15) is 23.4 Å². The molecule has 124 valence electrons. The quantitative estimate of drug-likeness (QED) is 0.711. The van der Waals surface area contributed by atoms with Crippen LogP contribution in [-0.2, 0) is 9.59 Å². The average molecular weight is 340 g/mol. The van der Waals surface area contributed by atoms with Crippen molar-refractivity contribution in [3.63, 3.8) is 0 Å². The molecule has 3 heterocycles. The molecule has 1 aromatic rings. The third-order valence-electron chi connectivity index (χ3n) is 4.21. The van der Waals surface area contributed by atoms with E-state index >= 15 is 0 Å². The maximum Gasteiger partial charge on any atom is 0.312 e. The second-order valence-electron chi connectivity index (χ2n) is 5.69. The van der Waals surface area contributed by atoms with E-state index in [1.807, 2.05) is 0 Å². The fourth-order valence-electron chi connectivity index (χ4n) is 2.89. The van der Waals surface area contributed by atoms with Crippen LogP contribution in [-0.4, -0.2) is 71.7 Å². The first-order valence-electron chi connectivity index (χ1n) is 7.69. The SMILES string of the molecule is O=C(C(=O)N1CCN(C(=O)c2ccc(Cl)o2)CC1)N1CCCC1. The zero-order valence-electron chi connectivity index (χ0n) is 12.7. The maximum atomic E-state index is 12.2. The maximum absolute atomic E-state index is 12.2. The first-order chi connectivity index (χ1) is 11.1. The van der Waals surface area contributed by atoms with E-state index in [2.05, 4.69) is 0 Å². The first kappa shape index (κ1) is 15.9. The van der Waals surface area contributed by atoms with Crippen molar-refractivity contribution in [1.82, 2.24) is 14.7 Å². The molecule has 0 aliphatic carbocycles. The van der Waals surface area contributed by atoms with Gasteiger partial charge in [-0.2, -0.15) is 0 Å². The van der Waals surface area contributed by atoms with Gasteiger partial charge in [0.2, 0.25) is 0 Å². The molecular weight excluding hydrogens is 322 g/mol. The second-order valence-corrected chi connectivity index (χ2v) is 6.06. The van der Waals surface area contributed by atoms with Gasteiger partial charge in [0.25, 0.3) is 5.91 Å². The van der Waals surface area contributed by atoms with Crippen LogP contribution >= 0.6 is 11.6 Å². The lowest BCUT2D eigenvalue weighted by Crippen LogP contribution is -2.54. The molecule has 1 aromatic heterocycles. The third kappa shape index (κ3) is 3.34. The molecule has 7 nitrogen and oxygen atoms in total. The highest BCUT2D eigenvalue weighted by Crippen LogP contribution is 2.16. The molecule has 2 saturated heterocycles. The number of piperazine rings is 1. The molecule has 3 amide bonds. The molecule has 8 heteroatoms. The molecule has 2 aliphatic rings. The number of hydrogen-bond acceptors (Lipinski definition) is 4. The molecular formula is C15H18ClN3O4. The predicted molar refractivity (Wildman–Crippen MR) is 82.0 cm³/mol. The fraction of sp³-hybridized carbons (Fsp3) is 0.533. The standard InChI is InChI=1S/C15H18ClN3O4/c16-12-4-3-11(23-12)13(20)18-7-9-19(10-8-18)15(22)14(21)17-5-1-2-6-17/h3-4H,1-2,5-10H2. The summed E-state index contributed by atoms with van der Waals surface area (Å²) in [6, 6.07) is 3.04. The molecule has 0 radical (unpaired) electrons. The zero-order valence-corrected chi connectivity index (χ0v) is 13.4. The van der Waals surface area contributed by atoms with Crippen molar-refractivity contribution < 1.29 is 18.8 Å². The Hall–Kier alpha value is -2.02. The Bertz CT molecular complexity index is 616. The fourth-order valence-corrected chi connectivity index (χ4v) is 3.03. The third-order valence-corrected chi connectivity index (χ3v) is 4.42. The van der Waals surface area contributed by atoms with Crippen LogP contribution in [0.2, 0.25) is 5.22 Å². The largest absolute Gasteiger partial charge is 0.440 e. The highest BCUT2D eigenvalue weighted by Gasteiger charge is 2.32. The molecule has 2 aliphatic heterocycles. The Morgan fingerprint density at radius 1 is 0.826 bits per heavy atom. The second kappa shape index (κ2) is 6.62. The summed E-state index contributed by atoms with van der Waals surface area (Å²) in [5, 5.41) is 0.165. The summed E-state index contributed by atoms with van der Waals surface area (Å²) in [5.74, 6) is -0.974. The Kier molecular flexibility index (Phi) is 4.56. The van der Waals surface area contributed by atoms with E-state index in [0.717, 1.165) is 12.8 Å². The summed E-state index contributed by atoms with van der Waals surface area (Å²) in [5.41, 5.74) is 0. The number of furan rings is 1. The lowest BCUT2D eigenvalue weighted by Gasteiger charge is -2.34. The summed E-state index contributed by atoms with van der Waals surface area (Å²) in [4.78, 5) is 41.3. The molecule has 0 aromatic carbocycles. The van der Waals surface area contributed by atoms with Gasteiger partial charge < -0.3 is 19.1 Å². The van der Waals surface area contributed by atoms with Gasteiger partial charge in [0, 0.05) is 39.3 Å². The van der Waals surface area contributed by atoms with Crippen LogP contribution in [0.3, 0.4) is 0 Å². The molecule has 0 atom stereocenters. The van der Waals surface area contributed by atoms with E-state index in [1.54, 1.807) is 9.80 Å². The Balaban J connectivity index is 1.54. The summed E-state index contributed by atoms with van der Waals surface area (Å²) >= 11 is 5.67. The lowest BCUT2D eigenvalue weighted by molar-refractivity contribution is -0.152. The van der Waals surface area contributed by atoms with Crippen molar-refractivity contribution >= 4 is 29.3 Å². The van der Waals surface area contributed by atoms with Gasteiger partial charge in [-0.3, -0.25) is 14.4 Å². The van der Waals surface area contributed by atoms with Gasteiger partial charge in [0.05, 0.1) is 0 Å². The van der Waals surface area contributed by atoms with Crippen LogP contribution < -0.4 is 0 Å². The zero-order chi connectivity index (χ0) is 16.4. The molecule has 0 unspecified atom stereocenters. The minimum absolute atomic E-state index is 0.165. The Labute approximate surface area is 138 Å². The van der Waals surface area contributed by atoms with Crippen LogP contribution in [0, 0.1) is 0 Å². The van der Waals surface area contributed by atoms with Crippen LogP contribution in [0.4, 0.5) is 0 Å². The minimum atomic E-state index is -0.472. The highest BCUT2D eigenvalue weighted by atomic mass is 35.5. The average Bonchev–Trinajstić information content (AvgIpc) is 3.24. The number of amides is 3. The van der Waals surface area contributed by atoms with Gasteiger partial charge in [-0.15, -0.1) is 0 Å². The van der Waals surface area contributed by atoms with Gasteiger partial charge in [0.15, 0.2) is 11.0 Å². The van der Waals surface area contributed by atoms with Gasteiger partial charge in [-0.1, -0.05) is 0 Å². The Morgan fingerprint density at radius 2 is 1.35 bits per heavy atom. The molecule has 0 N–H and O–H groups in total. The molecule has 0 saturated carbocycles. The van der Waals surface area contributed by atoms with Crippen molar-refractivity contribution in [3.8, 4) is 0 Å². The number of rotatable bonds is 1. The lowest BCUT2D eigenvalue weighted by atomic mass is 10.2. The van der Waals surface area contributed by atoms with Crippen molar-refractivity contribution in [3.05, 3.63) is 23.1 Å². The van der Waals surface area contributed by atoms with Crippen molar-refractivity contribution in [1.29, 1.82) is 0 Å². The molecule has 23 heavy (non-hydrogen) atoms. The van der Waals surface area contributed by atoms with Gasteiger partial charge >= 0.3 is 11.8 Å². The van der Waals surface area contributed by atoms with Crippen LogP contribution in [0.5, 0.6) is 0 Å². The van der Waals surface area contributed by atoms with Gasteiger partial charge in [-0.05, 0) is 36.6 Å². The van der Waals surface area contributed by atoms with E-state index in [1.165, 1.54) is 17.0 Å². The van der Waals surface area contributed by atoms with E-state index in [9.17, 15) is 14.4 Å². The number of halogens is 1. The number of nitrogens with zero attached hydrogens (tertiary/aromatic N) is 3. The van der Waals surface area contributed by atoms with Gasteiger partial charge in [-0.25, -0.2) is 0 Å². The topological polar surface area (TPSA) is 74.1 Å². The molecule has 0 spiro atoms. The van der Waals surface area contributed by atoms with Crippen LogP contribution in [0.25, 0.3) is 0 Å². The van der Waals surface area contributed by atoms with Crippen molar-refractivity contribution in [2.75, 3.05) is 39.3 Å². The summed E-state index contributed by atoms with van der Waals surface area (Å²) < 4.78 is 5.11. The molecule has 2 fully saturated rings. The number of likely N-dealkylation sites (tertiary alicyclic amines) is 1. The molecule has 3 rings (SSSR count). The number of hydrogen-bond donors (Lipinski definition) is 0. The van der Waals surface area contributed by atoms with E-state index < -0.39 is 11.8 Å². The van der Waals surface area contributed by atoms with E-state index in [-0.39, 0.29) is 16.9 Å². The summed E-state index contributed by atoms with van der Waals surface area (Å²) in [6.07, 6.45) is 1.90. The Morgan fingerprint density at radius 3 is 1.87 bits per heavy atom. The molecule has 0 bridgehead atoms. The predicted octanol–water partition coefficient (Wildman–Crippen LogP) is 0.840. The van der Waals surface area contributed by atoms with Gasteiger partial charge in [0.1, 0.15) is 0 Å². The monoisotopic (exact) mass is 339 g/mol. The number of carbonyl (C=O) groups is 3. The number of carbonyl (C=O) groups excluding carboxylic acids is 3. The van der Waals surface area contributed by atoms with E-state index in [0.29, 0.717) is 39.3 Å². The summed E-state index contributed by atoms with van der Waals surface area (Å²) in [6.45, 7) is 2.74. The summed E-state index contributed by atoms with van der Waals surface area (Å²) in [7, 11) is 0. The van der Waals surface area contributed by atoms with Crippen molar-refractivity contribution in [2.45, 2.75) is 12.8 Å². The highest BCUT2D eigenvalue weighted by molar-refractivity contribution is 6.35. The first-order valence-corrected chi connectivity index (χ1v) is 8.07. The van der Waals surface area contributed by atoms with Crippen molar-refractivity contribution in [2.24, 2.45) is 0 Å². The van der Waals surface area contributed by atoms with E-state index in [4.69, 9.17) is 16.0 Å².